The van der Waals surface area contributed by atoms with Gasteiger partial charge in [0, 0.05) is 19.1 Å². The van der Waals surface area contributed by atoms with Crippen LogP contribution in [0.25, 0.3) is 0 Å². The molecule has 3 atom stereocenters. The minimum Gasteiger partial charge on any atom is -0.467 e. The number of methoxy groups -OCH3 is 1. The number of likely N-dealkylation sites (N-methyl/N-ethyl adjacent to an activating group) is 1. The van der Waals surface area contributed by atoms with E-state index in [4.69, 9.17) is 9.47 Å². The average Bonchev–Trinajstić information content (AvgIpc) is 2.63. The Bertz CT molecular complexity index is 531. The van der Waals surface area contributed by atoms with Gasteiger partial charge in [-0.1, -0.05) is 0 Å². The van der Waals surface area contributed by atoms with Crippen molar-refractivity contribution in [2.45, 2.75) is 63.8 Å². The Morgan fingerprint density at radius 3 is 2.48 bits per heavy atom. The summed E-state index contributed by atoms with van der Waals surface area (Å²) in [5.41, 5.74) is -0.636. The van der Waals surface area contributed by atoms with Crippen LogP contribution in [0.2, 0.25) is 0 Å². The van der Waals surface area contributed by atoms with Crippen molar-refractivity contribution in [1.29, 1.82) is 0 Å². The Morgan fingerprint density at radius 1 is 1.20 bits per heavy atom. The highest BCUT2D eigenvalue weighted by Crippen LogP contribution is 2.26. The third-order valence-electron chi connectivity index (χ3n) is 4.48. The molecule has 25 heavy (non-hydrogen) atoms. The number of rotatable bonds is 2. The number of nitrogens with one attached hydrogen (secondary N) is 1. The highest BCUT2D eigenvalue weighted by molar-refractivity contribution is 5.90. The van der Waals surface area contributed by atoms with E-state index in [-0.39, 0.29) is 11.9 Å². The number of alkyl carbamates (subject to hydrolysis) is 1. The van der Waals surface area contributed by atoms with Crippen molar-refractivity contribution in [3.63, 3.8) is 0 Å². The number of nitrogens with zero attached hydrogens (tertiary/aromatic N) is 2. The monoisotopic (exact) mass is 355 g/mol. The molecule has 0 aromatic rings. The molecule has 2 heterocycles. The van der Waals surface area contributed by atoms with Crippen LogP contribution < -0.4 is 5.32 Å². The minimum atomic E-state index is -0.685. The van der Waals surface area contributed by atoms with Crippen LogP contribution in [0.4, 0.5) is 4.79 Å². The summed E-state index contributed by atoms with van der Waals surface area (Å²) in [5, 5.41) is 2.67. The molecule has 2 saturated heterocycles. The molecule has 0 spiro atoms. The minimum absolute atomic E-state index is 0.0548. The zero-order chi connectivity index (χ0) is 18.8. The van der Waals surface area contributed by atoms with E-state index in [1.165, 1.54) is 7.11 Å². The normalized spacial score (nSPS) is 28.0. The Morgan fingerprint density at radius 2 is 1.88 bits per heavy atom. The fourth-order valence-corrected chi connectivity index (χ4v) is 3.49. The highest BCUT2D eigenvalue weighted by atomic mass is 16.6. The molecule has 142 valence electrons. The average molecular weight is 355 g/mol. The first-order valence-electron chi connectivity index (χ1n) is 8.70. The Hall–Kier alpha value is -1.83. The quantitative estimate of drug-likeness (QED) is 0.736. The second kappa shape index (κ2) is 7.59. The largest absolute Gasteiger partial charge is 0.467 e. The molecular formula is C17H29N3O5. The Labute approximate surface area is 148 Å². The van der Waals surface area contributed by atoms with Crippen LogP contribution in [0.15, 0.2) is 0 Å². The molecule has 2 rings (SSSR count). The van der Waals surface area contributed by atoms with Crippen LogP contribution in [0.3, 0.4) is 0 Å². The van der Waals surface area contributed by atoms with Crippen molar-refractivity contribution in [3.05, 3.63) is 0 Å². The van der Waals surface area contributed by atoms with Gasteiger partial charge in [-0.2, -0.15) is 0 Å². The lowest BCUT2D eigenvalue weighted by Gasteiger charge is -2.44. The summed E-state index contributed by atoms with van der Waals surface area (Å²) in [5.74, 6) is -0.667. The topological polar surface area (TPSA) is 88.2 Å². The first-order chi connectivity index (χ1) is 11.6. The van der Waals surface area contributed by atoms with E-state index in [0.29, 0.717) is 19.5 Å². The fourth-order valence-electron chi connectivity index (χ4n) is 3.49. The van der Waals surface area contributed by atoms with Gasteiger partial charge in [-0.05, 0) is 47.1 Å². The van der Waals surface area contributed by atoms with Crippen molar-refractivity contribution in [2.75, 3.05) is 27.2 Å². The molecule has 2 fully saturated rings. The third-order valence-corrected chi connectivity index (χ3v) is 4.48. The van der Waals surface area contributed by atoms with Crippen molar-refractivity contribution in [3.8, 4) is 0 Å². The number of amides is 2. The fraction of sp³-hybridized carbons (Fsp3) is 0.824. The van der Waals surface area contributed by atoms with Crippen LogP contribution in [0.1, 0.15) is 40.0 Å². The molecule has 0 bridgehead atoms. The van der Waals surface area contributed by atoms with Gasteiger partial charge < -0.3 is 24.6 Å². The van der Waals surface area contributed by atoms with Crippen LogP contribution in [-0.4, -0.2) is 78.7 Å². The summed E-state index contributed by atoms with van der Waals surface area (Å²) in [6, 6.07) is -1.39. The van der Waals surface area contributed by atoms with Gasteiger partial charge in [0.15, 0.2) is 0 Å². The highest BCUT2D eigenvalue weighted by Gasteiger charge is 2.44. The first-order valence-corrected chi connectivity index (χ1v) is 8.70. The van der Waals surface area contributed by atoms with E-state index >= 15 is 0 Å². The van der Waals surface area contributed by atoms with E-state index < -0.39 is 29.7 Å². The van der Waals surface area contributed by atoms with Crippen LogP contribution >= 0.6 is 0 Å². The summed E-state index contributed by atoms with van der Waals surface area (Å²) in [4.78, 5) is 41.0. The number of esters is 1. The third kappa shape index (κ3) is 4.84. The Balaban J connectivity index is 2.17. The van der Waals surface area contributed by atoms with Gasteiger partial charge >= 0.3 is 12.1 Å². The summed E-state index contributed by atoms with van der Waals surface area (Å²) in [7, 11) is 3.25. The number of fused-ring (bicyclic) bond motifs is 1. The van der Waals surface area contributed by atoms with E-state index in [1.807, 2.05) is 11.9 Å². The molecule has 0 aromatic carbocycles. The summed E-state index contributed by atoms with van der Waals surface area (Å²) in [6.45, 7) is 6.44. The molecule has 0 saturated carbocycles. The van der Waals surface area contributed by atoms with Gasteiger partial charge in [-0.25, -0.2) is 9.59 Å². The van der Waals surface area contributed by atoms with Crippen LogP contribution in [-0.2, 0) is 19.1 Å². The number of piperazine rings is 1. The molecule has 1 N–H and O–H groups in total. The van der Waals surface area contributed by atoms with E-state index in [0.717, 1.165) is 12.8 Å². The van der Waals surface area contributed by atoms with Crippen molar-refractivity contribution in [2.24, 2.45) is 0 Å². The molecule has 8 nitrogen and oxygen atoms in total. The van der Waals surface area contributed by atoms with E-state index in [9.17, 15) is 14.4 Å². The molecule has 0 aliphatic carbocycles. The number of carbonyl (C=O) groups is 3. The predicted molar refractivity (Wildman–Crippen MR) is 90.9 cm³/mol. The van der Waals surface area contributed by atoms with E-state index in [2.05, 4.69) is 5.32 Å². The smallest absolute Gasteiger partial charge is 0.408 e. The summed E-state index contributed by atoms with van der Waals surface area (Å²) >= 11 is 0. The van der Waals surface area contributed by atoms with Crippen LogP contribution in [0, 0.1) is 0 Å². The molecule has 0 unspecified atom stereocenters. The molecule has 8 heteroatoms. The first kappa shape index (κ1) is 19.5. The number of carbonyl (C=O) groups excluding carboxylic acids is 3. The molecule has 0 aromatic heterocycles. The second-order valence-electron chi connectivity index (χ2n) is 7.79. The molecule has 2 amide bonds. The number of hydrogen-bond acceptors (Lipinski definition) is 6. The standard InChI is InChI=1S/C17H29N3O5/c1-17(2,3)25-16(23)18-12-8-6-7-11-9-19(4)10-13(15(22)24-5)20(11)14(12)21/h11-13H,6-10H2,1-5H3,(H,18,23)/t11-,12-,13-/m0/s1. The van der Waals surface area contributed by atoms with E-state index in [1.54, 1.807) is 25.7 Å². The van der Waals surface area contributed by atoms with Gasteiger partial charge in [-0.15, -0.1) is 0 Å². The zero-order valence-corrected chi connectivity index (χ0v) is 15.7. The maximum atomic E-state index is 13.0. The van der Waals surface area contributed by atoms with Gasteiger partial charge in [0.05, 0.1) is 7.11 Å². The molecule has 2 aliphatic heterocycles. The molecular weight excluding hydrogens is 326 g/mol. The SMILES string of the molecule is COC(=O)[C@@H]1CN(C)C[C@@H]2CCC[C@H](NC(=O)OC(C)(C)C)C(=O)N21. The molecule has 2 aliphatic rings. The van der Waals surface area contributed by atoms with Crippen LogP contribution in [0.5, 0.6) is 0 Å². The number of ether oxygens (including phenoxy) is 2. The maximum absolute atomic E-state index is 13.0. The van der Waals surface area contributed by atoms with Gasteiger partial charge in [0.2, 0.25) is 5.91 Å². The van der Waals surface area contributed by atoms with Crippen molar-refractivity contribution >= 4 is 18.0 Å². The lowest BCUT2D eigenvalue weighted by atomic mass is 10.0. The second-order valence-corrected chi connectivity index (χ2v) is 7.79. The lowest BCUT2D eigenvalue weighted by molar-refractivity contribution is -0.159. The summed E-state index contributed by atoms with van der Waals surface area (Å²) < 4.78 is 10.1. The zero-order valence-electron chi connectivity index (χ0n) is 15.7. The number of hydrogen-bond donors (Lipinski definition) is 1. The van der Waals surface area contributed by atoms with Crippen molar-refractivity contribution in [1.82, 2.24) is 15.1 Å². The van der Waals surface area contributed by atoms with Crippen molar-refractivity contribution < 1.29 is 23.9 Å². The van der Waals surface area contributed by atoms with Gasteiger partial charge in [0.1, 0.15) is 17.7 Å². The van der Waals surface area contributed by atoms with Gasteiger partial charge in [-0.3, -0.25) is 4.79 Å². The maximum Gasteiger partial charge on any atom is 0.408 e. The van der Waals surface area contributed by atoms with Gasteiger partial charge in [0.25, 0.3) is 0 Å². The molecule has 0 radical (unpaired) electrons. The predicted octanol–water partition coefficient (Wildman–Crippen LogP) is 0.748. The summed E-state index contributed by atoms with van der Waals surface area (Å²) in [6.07, 6.45) is 1.49. The Kier molecular flexibility index (Phi) is 5.92. The lowest BCUT2D eigenvalue weighted by Crippen LogP contribution is -2.64.